The summed E-state index contributed by atoms with van der Waals surface area (Å²) in [6, 6.07) is 7.69. The lowest BCUT2D eigenvalue weighted by atomic mass is 10.3. The van der Waals surface area contributed by atoms with Crippen LogP contribution in [0.4, 0.5) is 0 Å². The zero-order chi connectivity index (χ0) is 14.7. The lowest BCUT2D eigenvalue weighted by Gasteiger charge is -2.09. The molecule has 6 heteroatoms. The van der Waals surface area contributed by atoms with E-state index in [4.69, 9.17) is 21.1 Å². The average molecular weight is 323 g/mol. The van der Waals surface area contributed by atoms with Crippen molar-refractivity contribution in [3.8, 4) is 11.5 Å². The molecule has 0 aliphatic carbocycles. The molecule has 1 aliphatic heterocycles. The van der Waals surface area contributed by atoms with Gasteiger partial charge in [0.1, 0.15) is 16.0 Å². The van der Waals surface area contributed by atoms with Crippen LogP contribution in [0, 0.1) is 0 Å². The molecule has 1 aliphatic rings. The molecule has 1 aromatic carbocycles. The van der Waals surface area contributed by atoms with Gasteiger partial charge in [-0.2, -0.15) is 0 Å². The van der Waals surface area contributed by atoms with Crippen molar-refractivity contribution in [3.05, 3.63) is 35.2 Å². The quantitative estimate of drug-likeness (QED) is 0.799. The summed E-state index contributed by atoms with van der Waals surface area (Å²) in [4.78, 5) is 9.68. The van der Waals surface area contributed by atoms with Crippen molar-refractivity contribution in [2.24, 2.45) is 0 Å². The Morgan fingerprint density at radius 1 is 1.14 bits per heavy atom. The van der Waals surface area contributed by atoms with Gasteiger partial charge in [0.25, 0.3) is 0 Å². The zero-order valence-corrected chi connectivity index (χ0v) is 13.2. The fourth-order valence-electron chi connectivity index (χ4n) is 1.98. The van der Waals surface area contributed by atoms with E-state index in [2.05, 4.69) is 9.97 Å². The van der Waals surface area contributed by atoms with Gasteiger partial charge in [-0.15, -0.1) is 0 Å². The van der Waals surface area contributed by atoms with Crippen molar-refractivity contribution in [2.45, 2.75) is 29.7 Å². The van der Waals surface area contributed by atoms with E-state index in [1.807, 2.05) is 25.1 Å². The molecule has 4 nitrogen and oxygen atoms in total. The molecule has 110 valence electrons. The number of aryl methyl sites for hydroxylation is 1. The number of fused-ring (bicyclic) bond motifs is 1. The standard InChI is InChI=1S/C15H15ClN2O2S/c1-2-14-17-13(16)9-15(18-14)21-10-4-5-11-12(8-10)20-7-3-6-19-11/h4-5,8-9H,2-3,6-7H2,1H3. The molecule has 0 radical (unpaired) electrons. The molecule has 0 bridgehead atoms. The summed E-state index contributed by atoms with van der Waals surface area (Å²) in [5.41, 5.74) is 0. The van der Waals surface area contributed by atoms with Gasteiger partial charge in [0.05, 0.1) is 13.2 Å². The molecule has 0 saturated heterocycles. The molecule has 0 fully saturated rings. The van der Waals surface area contributed by atoms with Crippen LogP contribution >= 0.6 is 23.4 Å². The SMILES string of the molecule is CCc1nc(Cl)cc(Sc2ccc3c(c2)OCCCO3)n1. The molecule has 0 N–H and O–H groups in total. The van der Waals surface area contributed by atoms with Crippen LogP contribution in [-0.4, -0.2) is 23.2 Å². The van der Waals surface area contributed by atoms with Crippen LogP contribution in [0.2, 0.25) is 5.15 Å². The van der Waals surface area contributed by atoms with Crippen LogP contribution in [0.25, 0.3) is 0 Å². The smallest absolute Gasteiger partial charge is 0.162 e. The van der Waals surface area contributed by atoms with E-state index in [-0.39, 0.29) is 0 Å². The number of nitrogens with zero attached hydrogens (tertiary/aromatic N) is 2. The Morgan fingerprint density at radius 2 is 1.95 bits per heavy atom. The zero-order valence-electron chi connectivity index (χ0n) is 11.6. The summed E-state index contributed by atoms with van der Waals surface area (Å²) in [6.45, 7) is 3.38. The molecule has 0 saturated carbocycles. The molecule has 21 heavy (non-hydrogen) atoms. The monoisotopic (exact) mass is 322 g/mol. The highest BCUT2D eigenvalue weighted by Gasteiger charge is 2.12. The van der Waals surface area contributed by atoms with Crippen molar-refractivity contribution < 1.29 is 9.47 Å². The van der Waals surface area contributed by atoms with Crippen LogP contribution in [0.1, 0.15) is 19.2 Å². The molecule has 2 heterocycles. The summed E-state index contributed by atoms with van der Waals surface area (Å²) in [5.74, 6) is 2.33. The van der Waals surface area contributed by atoms with Crippen molar-refractivity contribution in [2.75, 3.05) is 13.2 Å². The van der Waals surface area contributed by atoms with E-state index in [1.165, 1.54) is 11.8 Å². The normalized spacial score (nSPS) is 13.8. The Kier molecular flexibility index (Phi) is 4.51. The number of halogens is 1. The van der Waals surface area contributed by atoms with Crippen LogP contribution in [0.5, 0.6) is 11.5 Å². The fraction of sp³-hybridized carbons (Fsp3) is 0.333. The van der Waals surface area contributed by atoms with E-state index >= 15 is 0 Å². The largest absolute Gasteiger partial charge is 0.490 e. The minimum absolute atomic E-state index is 0.471. The van der Waals surface area contributed by atoms with Crippen LogP contribution < -0.4 is 9.47 Å². The maximum atomic E-state index is 6.02. The summed E-state index contributed by atoms with van der Waals surface area (Å²) < 4.78 is 11.3. The predicted octanol–water partition coefficient (Wildman–Crippen LogP) is 4.00. The van der Waals surface area contributed by atoms with Gasteiger partial charge < -0.3 is 9.47 Å². The van der Waals surface area contributed by atoms with Crippen LogP contribution in [-0.2, 0) is 6.42 Å². The van der Waals surface area contributed by atoms with Gasteiger partial charge in [0.2, 0.25) is 0 Å². The maximum absolute atomic E-state index is 6.02. The molecule has 1 aromatic heterocycles. The average Bonchev–Trinajstić information content (AvgIpc) is 2.71. The summed E-state index contributed by atoms with van der Waals surface area (Å²) in [6.07, 6.45) is 1.66. The fourth-order valence-corrected chi connectivity index (χ4v) is 3.11. The second kappa shape index (κ2) is 6.54. The van der Waals surface area contributed by atoms with E-state index in [0.717, 1.165) is 40.1 Å². The van der Waals surface area contributed by atoms with Gasteiger partial charge in [-0.3, -0.25) is 0 Å². The van der Waals surface area contributed by atoms with Crippen LogP contribution in [0.15, 0.2) is 34.2 Å². The summed E-state index contributed by atoms with van der Waals surface area (Å²) >= 11 is 7.56. The first-order valence-corrected chi connectivity index (χ1v) is 8.05. The van der Waals surface area contributed by atoms with Gasteiger partial charge in [0.15, 0.2) is 11.5 Å². The predicted molar refractivity (Wildman–Crippen MR) is 82.6 cm³/mol. The summed E-state index contributed by atoms with van der Waals surface area (Å²) in [5, 5.41) is 1.31. The lowest BCUT2D eigenvalue weighted by Crippen LogP contribution is -1.97. The van der Waals surface area contributed by atoms with Gasteiger partial charge >= 0.3 is 0 Å². The Morgan fingerprint density at radius 3 is 2.76 bits per heavy atom. The number of rotatable bonds is 3. The molecule has 0 atom stereocenters. The number of hydrogen-bond acceptors (Lipinski definition) is 5. The van der Waals surface area contributed by atoms with Crippen molar-refractivity contribution in [1.29, 1.82) is 0 Å². The third kappa shape index (κ3) is 3.60. The topological polar surface area (TPSA) is 44.2 Å². The highest BCUT2D eigenvalue weighted by molar-refractivity contribution is 7.99. The molecule has 0 unspecified atom stereocenters. The molecule has 0 amide bonds. The highest BCUT2D eigenvalue weighted by Crippen LogP contribution is 2.36. The first-order valence-electron chi connectivity index (χ1n) is 6.85. The molecule has 3 rings (SSSR count). The minimum Gasteiger partial charge on any atom is -0.490 e. The molecule has 2 aromatic rings. The van der Waals surface area contributed by atoms with Gasteiger partial charge in [-0.25, -0.2) is 9.97 Å². The first-order chi connectivity index (χ1) is 10.2. The van der Waals surface area contributed by atoms with Gasteiger partial charge in [-0.05, 0) is 18.2 Å². The second-order valence-electron chi connectivity index (χ2n) is 4.56. The number of ether oxygens (including phenoxy) is 2. The lowest BCUT2D eigenvalue weighted by molar-refractivity contribution is 0.297. The number of hydrogen-bond donors (Lipinski definition) is 0. The minimum atomic E-state index is 0.471. The molecular formula is C15H15ClN2O2S. The second-order valence-corrected chi connectivity index (χ2v) is 6.04. The van der Waals surface area contributed by atoms with E-state index in [1.54, 1.807) is 6.07 Å². The van der Waals surface area contributed by atoms with Crippen LogP contribution in [0.3, 0.4) is 0 Å². The van der Waals surface area contributed by atoms with Gasteiger partial charge in [-0.1, -0.05) is 30.3 Å². The Balaban J connectivity index is 1.85. The Hall–Kier alpha value is -1.46. The van der Waals surface area contributed by atoms with E-state index < -0.39 is 0 Å². The number of aromatic nitrogens is 2. The third-order valence-electron chi connectivity index (χ3n) is 2.98. The molecular weight excluding hydrogens is 308 g/mol. The van der Waals surface area contributed by atoms with Crippen molar-refractivity contribution >= 4 is 23.4 Å². The van der Waals surface area contributed by atoms with Gasteiger partial charge in [0, 0.05) is 23.8 Å². The number of benzene rings is 1. The first kappa shape index (κ1) is 14.5. The van der Waals surface area contributed by atoms with E-state index in [9.17, 15) is 0 Å². The van der Waals surface area contributed by atoms with Crippen molar-refractivity contribution in [1.82, 2.24) is 9.97 Å². The molecule has 0 spiro atoms. The Labute approximate surface area is 132 Å². The van der Waals surface area contributed by atoms with Crippen molar-refractivity contribution in [3.63, 3.8) is 0 Å². The highest BCUT2D eigenvalue weighted by atomic mass is 35.5. The third-order valence-corrected chi connectivity index (χ3v) is 4.08. The summed E-state index contributed by atoms with van der Waals surface area (Å²) in [7, 11) is 0. The Bertz CT molecular complexity index is 652. The van der Waals surface area contributed by atoms with E-state index in [0.29, 0.717) is 18.4 Å². The maximum Gasteiger partial charge on any atom is 0.162 e.